The van der Waals surface area contributed by atoms with Gasteiger partial charge in [-0.1, -0.05) is 40.0 Å². The van der Waals surface area contributed by atoms with Crippen molar-refractivity contribution in [3.05, 3.63) is 0 Å². The molecule has 0 aromatic carbocycles. The van der Waals surface area contributed by atoms with Crippen LogP contribution in [0, 0.1) is 5.92 Å². The van der Waals surface area contributed by atoms with Gasteiger partial charge in [-0.3, -0.25) is 0 Å². The topological polar surface area (TPSA) is 21.3 Å². The third-order valence-electron chi connectivity index (χ3n) is 4.73. The van der Waals surface area contributed by atoms with Gasteiger partial charge in [0.25, 0.3) is 0 Å². The quantitative estimate of drug-likeness (QED) is 0.575. The van der Waals surface area contributed by atoms with Gasteiger partial charge in [-0.05, 0) is 57.9 Å². The van der Waals surface area contributed by atoms with E-state index < -0.39 is 0 Å². The summed E-state index contributed by atoms with van der Waals surface area (Å²) >= 11 is 0. The number of hydrogen-bond acceptors (Lipinski definition) is 2. The Hall–Kier alpha value is -0.0800. The minimum Gasteiger partial charge on any atom is -0.371 e. The molecule has 0 aromatic rings. The van der Waals surface area contributed by atoms with Crippen molar-refractivity contribution in [1.29, 1.82) is 0 Å². The van der Waals surface area contributed by atoms with Crippen molar-refractivity contribution in [2.24, 2.45) is 5.92 Å². The fraction of sp³-hybridized carbons (Fsp3) is 1.00. The van der Waals surface area contributed by atoms with Crippen LogP contribution in [0.2, 0.25) is 0 Å². The maximum absolute atomic E-state index is 6.53. The van der Waals surface area contributed by atoms with Gasteiger partial charge in [-0.25, -0.2) is 0 Å². The van der Waals surface area contributed by atoms with Crippen LogP contribution in [-0.4, -0.2) is 24.8 Å². The number of ether oxygens (including phenoxy) is 1. The van der Waals surface area contributed by atoms with Crippen molar-refractivity contribution in [3.63, 3.8) is 0 Å². The van der Waals surface area contributed by atoms with Crippen LogP contribution < -0.4 is 5.32 Å². The van der Waals surface area contributed by atoms with Crippen LogP contribution in [0.1, 0.15) is 85.5 Å². The summed E-state index contributed by atoms with van der Waals surface area (Å²) in [5.74, 6) is 0.949. The lowest BCUT2D eigenvalue weighted by atomic mass is 9.77. The molecule has 0 bridgehead atoms. The van der Waals surface area contributed by atoms with Crippen LogP contribution in [0.15, 0.2) is 0 Å². The summed E-state index contributed by atoms with van der Waals surface area (Å²) in [6.45, 7) is 11.2. The average molecular weight is 283 g/mol. The molecule has 1 atom stereocenters. The lowest BCUT2D eigenvalue weighted by Gasteiger charge is -2.42. The molecule has 0 amide bonds. The summed E-state index contributed by atoms with van der Waals surface area (Å²) in [4.78, 5) is 0. The van der Waals surface area contributed by atoms with Crippen LogP contribution in [-0.2, 0) is 4.74 Å². The monoisotopic (exact) mass is 283 g/mol. The van der Waals surface area contributed by atoms with E-state index in [-0.39, 0.29) is 5.60 Å². The van der Waals surface area contributed by atoms with Gasteiger partial charge in [0.2, 0.25) is 0 Å². The van der Waals surface area contributed by atoms with Crippen LogP contribution in [0.4, 0.5) is 0 Å². The molecule has 0 aromatic heterocycles. The van der Waals surface area contributed by atoms with Crippen molar-refractivity contribution in [2.45, 2.75) is 97.2 Å². The van der Waals surface area contributed by atoms with E-state index in [0.29, 0.717) is 6.10 Å². The molecule has 2 heteroatoms. The van der Waals surface area contributed by atoms with Gasteiger partial charge >= 0.3 is 0 Å². The van der Waals surface area contributed by atoms with Gasteiger partial charge in [0.05, 0.1) is 11.7 Å². The smallest absolute Gasteiger partial charge is 0.0810 e. The third kappa shape index (κ3) is 6.13. The highest BCUT2D eigenvalue weighted by Crippen LogP contribution is 2.37. The Morgan fingerprint density at radius 1 is 1.10 bits per heavy atom. The summed E-state index contributed by atoms with van der Waals surface area (Å²) in [7, 11) is 0. The molecule has 2 nitrogen and oxygen atoms in total. The molecule has 1 N–H and O–H groups in total. The predicted molar refractivity (Wildman–Crippen MR) is 88.2 cm³/mol. The second-order valence-corrected chi connectivity index (χ2v) is 6.81. The van der Waals surface area contributed by atoms with Crippen molar-refractivity contribution < 1.29 is 4.74 Å². The van der Waals surface area contributed by atoms with E-state index in [2.05, 4.69) is 33.0 Å². The largest absolute Gasteiger partial charge is 0.371 e. The Balaban J connectivity index is 2.52. The van der Waals surface area contributed by atoms with Crippen molar-refractivity contribution >= 4 is 0 Å². The number of hydrogen-bond donors (Lipinski definition) is 1. The Labute approximate surface area is 127 Å². The fourth-order valence-electron chi connectivity index (χ4n) is 3.62. The van der Waals surface area contributed by atoms with E-state index in [4.69, 9.17) is 4.74 Å². The van der Waals surface area contributed by atoms with Crippen LogP contribution >= 0.6 is 0 Å². The van der Waals surface area contributed by atoms with Gasteiger partial charge in [0.1, 0.15) is 0 Å². The first-order chi connectivity index (χ1) is 9.65. The molecule has 0 saturated heterocycles. The van der Waals surface area contributed by atoms with Gasteiger partial charge < -0.3 is 10.1 Å². The van der Waals surface area contributed by atoms with Gasteiger partial charge in [0.15, 0.2) is 0 Å². The average Bonchev–Trinajstić information content (AvgIpc) is 2.42. The maximum Gasteiger partial charge on any atom is 0.0810 e. The molecule has 1 saturated carbocycles. The highest BCUT2D eigenvalue weighted by Gasteiger charge is 2.36. The zero-order chi connectivity index (χ0) is 14.8. The fourth-order valence-corrected chi connectivity index (χ4v) is 3.62. The Kier molecular flexibility index (Phi) is 8.79. The second kappa shape index (κ2) is 9.78. The molecule has 1 unspecified atom stereocenters. The predicted octanol–water partition coefficient (Wildman–Crippen LogP) is 4.92. The summed E-state index contributed by atoms with van der Waals surface area (Å²) in [6.07, 6.45) is 12.0. The zero-order valence-corrected chi connectivity index (χ0v) is 14.3. The highest BCUT2D eigenvalue weighted by molar-refractivity contribution is 4.90. The third-order valence-corrected chi connectivity index (χ3v) is 4.73. The molecular formula is C18H37NO. The molecule has 1 aliphatic carbocycles. The second-order valence-electron chi connectivity index (χ2n) is 6.81. The SMILES string of the molecule is CCCNCC1(OC(C)CCC)CCC(CCC)CC1. The first-order valence-corrected chi connectivity index (χ1v) is 9.04. The van der Waals surface area contributed by atoms with E-state index in [9.17, 15) is 0 Å². The van der Waals surface area contributed by atoms with Crippen LogP contribution in [0.25, 0.3) is 0 Å². The molecule has 1 fully saturated rings. The summed E-state index contributed by atoms with van der Waals surface area (Å²) in [5, 5.41) is 3.61. The van der Waals surface area contributed by atoms with E-state index in [1.807, 2.05) is 0 Å². The minimum atomic E-state index is 0.119. The van der Waals surface area contributed by atoms with Crippen molar-refractivity contribution in [2.75, 3.05) is 13.1 Å². The van der Waals surface area contributed by atoms with Gasteiger partial charge in [-0.15, -0.1) is 0 Å². The molecular weight excluding hydrogens is 246 g/mol. The first-order valence-electron chi connectivity index (χ1n) is 9.04. The van der Waals surface area contributed by atoms with Gasteiger partial charge in [-0.2, -0.15) is 0 Å². The first kappa shape index (κ1) is 18.0. The van der Waals surface area contributed by atoms with Crippen LogP contribution in [0.3, 0.4) is 0 Å². The molecule has 0 aliphatic heterocycles. The van der Waals surface area contributed by atoms with E-state index >= 15 is 0 Å². The van der Waals surface area contributed by atoms with E-state index in [0.717, 1.165) is 19.0 Å². The molecule has 0 radical (unpaired) electrons. The van der Waals surface area contributed by atoms with Crippen molar-refractivity contribution in [1.82, 2.24) is 5.32 Å². The number of nitrogens with one attached hydrogen (secondary N) is 1. The Morgan fingerprint density at radius 3 is 2.35 bits per heavy atom. The summed E-state index contributed by atoms with van der Waals surface area (Å²) < 4.78 is 6.53. The summed E-state index contributed by atoms with van der Waals surface area (Å²) in [6, 6.07) is 0. The number of rotatable bonds is 10. The lowest BCUT2D eigenvalue weighted by molar-refractivity contribution is -0.114. The standard InChI is InChI=1S/C18H37NO/c1-5-8-16(4)20-18(15-19-14-7-3)12-10-17(9-6-2)11-13-18/h16-17,19H,5-15H2,1-4H3. The normalized spacial score (nSPS) is 28.5. The molecule has 20 heavy (non-hydrogen) atoms. The minimum absolute atomic E-state index is 0.119. The zero-order valence-electron chi connectivity index (χ0n) is 14.3. The molecule has 1 rings (SSSR count). The maximum atomic E-state index is 6.53. The van der Waals surface area contributed by atoms with Gasteiger partial charge in [0, 0.05) is 6.54 Å². The Morgan fingerprint density at radius 2 is 1.80 bits per heavy atom. The molecule has 1 aliphatic rings. The molecule has 120 valence electrons. The van der Waals surface area contributed by atoms with Crippen LogP contribution in [0.5, 0.6) is 0 Å². The van der Waals surface area contributed by atoms with E-state index in [1.54, 1.807) is 0 Å². The molecule has 0 heterocycles. The van der Waals surface area contributed by atoms with E-state index in [1.165, 1.54) is 57.8 Å². The summed E-state index contributed by atoms with van der Waals surface area (Å²) in [5.41, 5.74) is 0.119. The lowest BCUT2D eigenvalue weighted by Crippen LogP contribution is -2.47. The van der Waals surface area contributed by atoms with Crippen molar-refractivity contribution in [3.8, 4) is 0 Å². The Bertz CT molecular complexity index is 234. The highest BCUT2D eigenvalue weighted by atomic mass is 16.5. The molecule has 0 spiro atoms.